The number of carbonyl (C=O) groups is 2. The number of amides is 2. The van der Waals surface area contributed by atoms with Crippen molar-refractivity contribution < 1.29 is 19.1 Å². The van der Waals surface area contributed by atoms with Crippen molar-refractivity contribution in [1.29, 1.82) is 0 Å². The van der Waals surface area contributed by atoms with Crippen molar-refractivity contribution in [3.05, 3.63) is 68.4 Å². The summed E-state index contributed by atoms with van der Waals surface area (Å²) in [6, 6.07) is 5.73. The van der Waals surface area contributed by atoms with Crippen molar-refractivity contribution in [3.8, 4) is 0 Å². The number of fused-ring (bicyclic) bond motifs is 1. The van der Waals surface area contributed by atoms with Crippen LogP contribution in [-0.2, 0) is 19.6 Å². The first-order valence-electron chi connectivity index (χ1n) is 7.64. The number of nitrogens with one attached hydrogen (secondary N) is 1. The Labute approximate surface area is 141 Å². The van der Waals surface area contributed by atoms with Crippen LogP contribution in [0.3, 0.4) is 0 Å². The summed E-state index contributed by atoms with van der Waals surface area (Å²) in [5.74, 6) is -1.68. The van der Waals surface area contributed by atoms with Crippen molar-refractivity contribution in [2.45, 2.75) is 19.6 Å². The quantitative estimate of drug-likeness (QED) is 0.739. The summed E-state index contributed by atoms with van der Waals surface area (Å²) in [6.07, 6.45) is 0.310. The first-order valence-corrected chi connectivity index (χ1v) is 7.64. The fourth-order valence-electron chi connectivity index (χ4n) is 3.02. The number of aliphatic hydroxyl groups is 1. The standard InChI is InChI=1S/C17H16FN3O4/c18-10-3-1-9(2-4-10)7-21-6-5-11-13(17(21)25)12(8-22)16(24)20-14(11)15(19)23/h1-4,22H,5-8H2,(H2,19,23)(H,20,24). The number of H-pyrrole nitrogens is 1. The number of aliphatic hydroxyl groups excluding tert-OH is 1. The van der Waals surface area contributed by atoms with E-state index in [1.165, 1.54) is 17.0 Å². The Morgan fingerprint density at radius 3 is 2.56 bits per heavy atom. The number of nitrogens with zero attached hydrogens (tertiary/aromatic N) is 1. The highest BCUT2D eigenvalue weighted by molar-refractivity contribution is 6.02. The van der Waals surface area contributed by atoms with Gasteiger partial charge in [0.15, 0.2) is 0 Å². The number of hydrogen-bond acceptors (Lipinski definition) is 4. The minimum absolute atomic E-state index is 0.0217. The van der Waals surface area contributed by atoms with Gasteiger partial charge in [0.1, 0.15) is 11.5 Å². The smallest absolute Gasteiger partial charge is 0.265 e. The molecule has 0 spiro atoms. The third kappa shape index (κ3) is 3.03. The molecular weight excluding hydrogens is 329 g/mol. The van der Waals surface area contributed by atoms with Crippen LogP contribution in [0, 0.1) is 5.82 Å². The van der Waals surface area contributed by atoms with Crippen LogP contribution in [0.5, 0.6) is 0 Å². The van der Waals surface area contributed by atoms with E-state index in [-0.39, 0.29) is 29.2 Å². The topological polar surface area (TPSA) is 116 Å². The molecule has 3 rings (SSSR count). The van der Waals surface area contributed by atoms with Gasteiger partial charge in [0, 0.05) is 13.1 Å². The molecule has 0 radical (unpaired) electrons. The van der Waals surface area contributed by atoms with E-state index in [1.54, 1.807) is 12.1 Å². The lowest BCUT2D eigenvalue weighted by atomic mass is 9.93. The lowest BCUT2D eigenvalue weighted by Crippen LogP contribution is -2.41. The minimum atomic E-state index is -0.836. The SMILES string of the molecule is NC(=O)c1[nH]c(=O)c(CO)c2c1CCN(Cc1ccc(F)cc1)C2=O. The molecule has 0 saturated carbocycles. The molecule has 1 aliphatic heterocycles. The Bertz CT molecular complexity index is 905. The molecule has 130 valence electrons. The lowest BCUT2D eigenvalue weighted by molar-refractivity contribution is 0.0722. The van der Waals surface area contributed by atoms with Gasteiger partial charge < -0.3 is 20.7 Å². The van der Waals surface area contributed by atoms with E-state index in [1.807, 2.05) is 0 Å². The number of hydrogen-bond donors (Lipinski definition) is 3. The third-order valence-electron chi connectivity index (χ3n) is 4.24. The predicted molar refractivity (Wildman–Crippen MR) is 86.3 cm³/mol. The number of aromatic amines is 1. The molecule has 1 aromatic heterocycles. The molecule has 8 heteroatoms. The summed E-state index contributed by atoms with van der Waals surface area (Å²) < 4.78 is 13.0. The first kappa shape index (κ1) is 16.8. The van der Waals surface area contributed by atoms with Gasteiger partial charge in [0.05, 0.1) is 17.7 Å². The van der Waals surface area contributed by atoms with Crippen molar-refractivity contribution in [1.82, 2.24) is 9.88 Å². The number of pyridine rings is 1. The van der Waals surface area contributed by atoms with Gasteiger partial charge in [-0.25, -0.2) is 4.39 Å². The maximum Gasteiger partial charge on any atom is 0.265 e. The Morgan fingerprint density at radius 2 is 1.96 bits per heavy atom. The van der Waals surface area contributed by atoms with Crippen LogP contribution < -0.4 is 11.3 Å². The van der Waals surface area contributed by atoms with Crippen LogP contribution in [0.15, 0.2) is 29.1 Å². The Hall–Kier alpha value is -3.00. The summed E-state index contributed by atoms with van der Waals surface area (Å²) in [5.41, 5.74) is 5.47. The fraction of sp³-hybridized carbons (Fsp3) is 0.235. The van der Waals surface area contributed by atoms with Gasteiger partial charge in [0.25, 0.3) is 17.4 Å². The largest absolute Gasteiger partial charge is 0.391 e. The van der Waals surface area contributed by atoms with Crippen molar-refractivity contribution in [3.63, 3.8) is 0 Å². The zero-order chi connectivity index (χ0) is 18.1. The summed E-state index contributed by atoms with van der Waals surface area (Å²) in [6.45, 7) is -0.102. The van der Waals surface area contributed by atoms with E-state index in [2.05, 4.69) is 4.98 Å². The molecule has 0 aliphatic carbocycles. The van der Waals surface area contributed by atoms with Gasteiger partial charge >= 0.3 is 0 Å². The molecular formula is C17H16FN3O4. The van der Waals surface area contributed by atoms with E-state index in [4.69, 9.17) is 5.73 Å². The molecule has 1 aliphatic rings. The van der Waals surface area contributed by atoms with Gasteiger partial charge in [-0.2, -0.15) is 0 Å². The van der Waals surface area contributed by atoms with Crippen LogP contribution in [0.4, 0.5) is 4.39 Å². The number of benzene rings is 1. The number of aromatic nitrogens is 1. The van der Waals surface area contributed by atoms with Gasteiger partial charge in [-0.1, -0.05) is 12.1 Å². The van der Waals surface area contributed by atoms with Crippen molar-refractivity contribution in [2.75, 3.05) is 6.54 Å². The second-order valence-corrected chi connectivity index (χ2v) is 5.79. The number of halogens is 1. The highest BCUT2D eigenvalue weighted by Crippen LogP contribution is 2.24. The van der Waals surface area contributed by atoms with E-state index in [9.17, 15) is 23.9 Å². The van der Waals surface area contributed by atoms with E-state index >= 15 is 0 Å². The van der Waals surface area contributed by atoms with Gasteiger partial charge in [-0.05, 0) is 29.7 Å². The van der Waals surface area contributed by atoms with Crippen LogP contribution >= 0.6 is 0 Å². The summed E-state index contributed by atoms with van der Waals surface area (Å²) in [7, 11) is 0. The minimum Gasteiger partial charge on any atom is -0.391 e. The van der Waals surface area contributed by atoms with Crippen LogP contribution in [0.1, 0.15) is 37.5 Å². The van der Waals surface area contributed by atoms with Crippen LogP contribution in [0.25, 0.3) is 0 Å². The molecule has 0 unspecified atom stereocenters. The third-order valence-corrected chi connectivity index (χ3v) is 4.24. The fourth-order valence-corrected chi connectivity index (χ4v) is 3.02. The maximum absolute atomic E-state index is 13.0. The highest BCUT2D eigenvalue weighted by atomic mass is 19.1. The lowest BCUT2D eigenvalue weighted by Gasteiger charge is -2.30. The Balaban J connectivity index is 2.02. The number of nitrogens with two attached hydrogens (primary N) is 1. The Kier molecular flexibility index (Phi) is 4.37. The maximum atomic E-state index is 13.0. The number of primary amides is 1. The average Bonchev–Trinajstić information content (AvgIpc) is 2.58. The zero-order valence-corrected chi connectivity index (χ0v) is 13.2. The first-order chi connectivity index (χ1) is 11.9. The molecule has 4 N–H and O–H groups in total. The normalized spacial score (nSPS) is 13.7. The molecule has 7 nitrogen and oxygen atoms in total. The molecule has 2 amide bonds. The molecule has 0 saturated heterocycles. The van der Waals surface area contributed by atoms with Crippen LogP contribution in [0.2, 0.25) is 0 Å². The molecule has 0 bridgehead atoms. The second kappa shape index (κ2) is 6.48. The van der Waals surface area contributed by atoms with Crippen molar-refractivity contribution >= 4 is 11.8 Å². The molecule has 1 aromatic carbocycles. The zero-order valence-electron chi connectivity index (χ0n) is 13.2. The van der Waals surface area contributed by atoms with E-state index in [0.717, 1.165) is 5.56 Å². The highest BCUT2D eigenvalue weighted by Gasteiger charge is 2.31. The van der Waals surface area contributed by atoms with Gasteiger partial charge in [-0.3, -0.25) is 14.4 Å². The molecule has 0 fully saturated rings. The molecule has 2 aromatic rings. The van der Waals surface area contributed by atoms with E-state index in [0.29, 0.717) is 18.5 Å². The van der Waals surface area contributed by atoms with Gasteiger partial charge in [0.2, 0.25) is 0 Å². The molecule has 2 heterocycles. The average molecular weight is 345 g/mol. The Morgan fingerprint density at radius 1 is 1.28 bits per heavy atom. The monoisotopic (exact) mass is 345 g/mol. The second-order valence-electron chi connectivity index (χ2n) is 5.79. The number of rotatable bonds is 4. The van der Waals surface area contributed by atoms with Crippen molar-refractivity contribution in [2.24, 2.45) is 5.73 Å². The molecule has 25 heavy (non-hydrogen) atoms. The summed E-state index contributed by atoms with van der Waals surface area (Å²) in [5, 5.41) is 9.48. The summed E-state index contributed by atoms with van der Waals surface area (Å²) in [4.78, 5) is 40.3. The van der Waals surface area contributed by atoms with Gasteiger partial charge in [-0.15, -0.1) is 0 Å². The predicted octanol–water partition coefficient (Wildman–Crippen LogP) is 0.304. The summed E-state index contributed by atoms with van der Waals surface area (Å²) >= 11 is 0. The number of carbonyl (C=O) groups excluding carboxylic acids is 2. The molecule has 0 atom stereocenters. The van der Waals surface area contributed by atoms with Crippen LogP contribution in [-0.4, -0.2) is 33.3 Å². The van der Waals surface area contributed by atoms with E-state index < -0.39 is 24.0 Å².